The van der Waals surface area contributed by atoms with Gasteiger partial charge in [0.05, 0.1) is 16.7 Å². The van der Waals surface area contributed by atoms with Crippen molar-refractivity contribution >= 4 is 107 Å². The third-order valence-corrected chi connectivity index (χ3v) is 11.5. The lowest BCUT2D eigenvalue weighted by molar-refractivity contribution is 0.669. The van der Waals surface area contributed by atoms with Gasteiger partial charge in [-0.3, -0.25) is 4.57 Å². The van der Waals surface area contributed by atoms with Crippen molar-refractivity contribution in [3.8, 4) is 17.2 Å². The Morgan fingerprint density at radius 1 is 0.478 bits per heavy atom. The number of benzene rings is 6. The van der Waals surface area contributed by atoms with Gasteiger partial charge >= 0.3 is 0 Å². The van der Waals surface area contributed by atoms with Crippen molar-refractivity contribution in [1.82, 2.24) is 14.5 Å². The molecule has 6 aromatic carbocycles. The number of para-hydroxylation sites is 2. The van der Waals surface area contributed by atoms with Gasteiger partial charge in [0.25, 0.3) is 0 Å². The molecule has 0 amide bonds. The van der Waals surface area contributed by atoms with Crippen LogP contribution in [0.2, 0.25) is 0 Å². The second-order valence-electron chi connectivity index (χ2n) is 11.7. The molecule has 0 spiro atoms. The Kier molecular flexibility index (Phi) is 4.84. The zero-order valence-electron chi connectivity index (χ0n) is 24.2. The van der Waals surface area contributed by atoms with Crippen LogP contribution >= 0.6 is 22.7 Å². The van der Waals surface area contributed by atoms with Crippen LogP contribution in [0.15, 0.2) is 132 Å². The summed E-state index contributed by atoms with van der Waals surface area (Å²) >= 11 is 3.57. The average Bonchev–Trinajstić information content (AvgIpc) is 3.85. The van der Waals surface area contributed by atoms with Crippen LogP contribution in [-0.2, 0) is 0 Å². The zero-order valence-corrected chi connectivity index (χ0v) is 25.8. The van der Waals surface area contributed by atoms with Gasteiger partial charge in [-0.15, -0.1) is 22.7 Å². The number of hydrogen-bond donors (Lipinski definition) is 0. The predicted octanol–water partition coefficient (Wildman–Crippen LogP) is 11.9. The fourth-order valence-corrected chi connectivity index (χ4v) is 9.47. The number of aromatic nitrogens is 3. The van der Waals surface area contributed by atoms with Crippen LogP contribution < -0.4 is 0 Å². The number of fused-ring (bicyclic) bond motifs is 13. The van der Waals surface area contributed by atoms with Gasteiger partial charge in [-0.2, -0.15) is 0 Å². The molecule has 5 aromatic heterocycles. The molecule has 46 heavy (non-hydrogen) atoms. The molecule has 0 unspecified atom stereocenters. The van der Waals surface area contributed by atoms with Crippen LogP contribution in [0.5, 0.6) is 0 Å². The number of thiophene rings is 2. The maximum Gasteiger partial charge on any atom is 0.236 e. The number of rotatable bonds is 2. The molecule has 11 rings (SSSR count). The molecule has 11 aromatic rings. The van der Waals surface area contributed by atoms with E-state index in [-0.39, 0.29) is 0 Å². The summed E-state index contributed by atoms with van der Waals surface area (Å²) in [6.45, 7) is 0. The number of hydrogen-bond acceptors (Lipinski definition) is 5. The first-order valence-electron chi connectivity index (χ1n) is 15.2. The van der Waals surface area contributed by atoms with E-state index in [1.54, 1.807) is 11.3 Å². The van der Waals surface area contributed by atoms with Crippen molar-refractivity contribution in [2.24, 2.45) is 0 Å². The maximum atomic E-state index is 6.19. The maximum absolute atomic E-state index is 6.19. The lowest BCUT2D eigenvalue weighted by Gasteiger charge is -2.10. The van der Waals surface area contributed by atoms with Crippen molar-refractivity contribution in [3.05, 3.63) is 127 Å². The van der Waals surface area contributed by atoms with Crippen LogP contribution in [-0.4, -0.2) is 14.5 Å². The molecule has 0 N–H and O–H groups in total. The Hall–Kier alpha value is -5.56. The minimum Gasteiger partial charge on any atom is -0.456 e. The van der Waals surface area contributed by atoms with E-state index in [1.807, 2.05) is 23.5 Å². The summed E-state index contributed by atoms with van der Waals surface area (Å²) < 4.78 is 12.2. The van der Waals surface area contributed by atoms with E-state index < -0.39 is 0 Å². The highest BCUT2D eigenvalue weighted by Gasteiger charge is 2.22. The second-order valence-corrected chi connectivity index (χ2v) is 13.9. The van der Waals surface area contributed by atoms with Crippen molar-refractivity contribution in [2.75, 3.05) is 0 Å². The minimum absolute atomic E-state index is 0.677. The first kappa shape index (κ1) is 24.7. The predicted molar refractivity (Wildman–Crippen MR) is 195 cm³/mol. The normalized spacial score (nSPS) is 12.3. The molecule has 0 radical (unpaired) electrons. The summed E-state index contributed by atoms with van der Waals surface area (Å²) in [5.41, 5.74) is 5.95. The van der Waals surface area contributed by atoms with Crippen molar-refractivity contribution in [1.29, 1.82) is 0 Å². The van der Waals surface area contributed by atoms with Crippen LogP contribution in [0.1, 0.15) is 0 Å². The summed E-state index contributed by atoms with van der Waals surface area (Å²) in [4.78, 5) is 11.8. The molecular weight excluding hydrogens is 603 g/mol. The Morgan fingerprint density at radius 3 is 2.04 bits per heavy atom. The molecule has 5 heterocycles. The molecule has 0 aliphatic carbocycles. The van der Waals surface area contributed by atoms with E-state index in [0.717, 1.165) is 54.4 Å². The highest BCUT2D eigenvalue weighted by atomic mass is 32.1. The molecule has 4 nitrogen and oxygen atoms in total. The average molecular weight is 624 g/mol. The van der Waals surface area contributed by atoms with E-state index in [4.69, 9.17) is 14.4 Å². The summed E-state index contributed by atoms with van der Waals surface area (Å²) in [5, 5.41) is 9.50. The van der Waals surface area contributed by atoms with Gasteiger partial charge in [0.15, 0.2) is 0 Å². The van der Waals surface area contributed by atoms with E-state index in [1.165, 1.54) is 41.0 Å². The fourth-order valence-electron chi connectivity index (χ4n) is 7.28. The molecule has 0 bridgehead atoms. The van der Waals surface area contributed by atoms with E-state index in [2.05, 4.69) is 120 Å². The Morgan fingerprint density at radius 2 is 1.17 bits per heavy atom. The van der Waals surface area contributed by atoms with Crippen molar-refractivity contribution < 1.29 is 4.42 Å². The highest BCUT2D eigenvalue weighted by Crippen LogP contribution is 2.45. The fraction of sp³-hybridized carbons (Fsp3) is 0. The number of furan rings is 1. The monoisotopic (exact) mass is 623 g/mol. The molecule has 0 fully saturated rings. The topological polar surface area (TPSA) is 43.9 Å². The Balaban J connectivity index is 1.28. The van der Waals surface area contributed by atoms with Crippen LogP contribution in [0.3, 0.4) is 0 Å². The van der Waals surface area contributed by atoms with Gasteiger partial charge in [0.2, 0.25) is 5.95 Å². The van der Waals surface area contributed by atoms with Crippen LogP contribution in [0.4, 0.5) is 0 Å². The largest absolute Gasteiger partial charge is 0.456 e. The summed E-state index contributed by atoms with van der Waals surface area (Å²) in [6, 6.07) is 45.1. The summed E-state index contributed by atoms with van der Waals surface area (Å²) in [5.74, 6) is 0.677. The summed E-state index contributed by atoms with van der Waals surface area (Å²) in [6.07, 6.45) is 0. The van der Waals surface area contributed by atoms with Crippen molar-refractivity contribution in [2.45, 2.75) is 0 Å². The second kappa shape index (κ2) is 9.01. The highest BCUT2D eigenvalue weighted by molar-refractivity contribution is 7.26. The van der Waals surface area contributed by atoms with Gasteiger partial charge in [-0.1, -0.05) is 72.8 Å². The molecule has 0 aliphatic heterocycles. The molecule has 0 aliphatic rings. The Bertz CT molecular complexity index is 3050. The van der Waals surface area contributed by atoms with Gasteiger partial charge in [0, 0.05) is 62.8 Å². The third kappa shape index (κ3) is 3.27. The molecule has 0 atom stereocenters. The zero-order chi connectivity index (χ0) is 29.9. The van der Waals surface area contributed by atoms with Gasteiger partial charge in [-0.25, -0.2) is 9.97 Å². The lowest BCUT2D eigenvalue weighted by Crippen LogP contribution is -2.02. The molecule has 214 valence electrons. The van der Waals surface area contributed by atoms with Crippen LogP contribution in [0.25, 0.3) is 101 Å². The molecule has 6 heteroatoms. The van der Waals surface area contributed by atoms with E-state index in [0.29, 0.717) is 5.95 Å². The Labute approximate surface area is 269 Å². The molecule has 0 saturated heterocycles. The van der Waals surface area contributed by atoms with Gasteiger partial charge in [0.1, 0.15) is 16.0 Å². The molecular formula is C40H21N3OS2. The van der Waals surface area contributed by atoms with Gasteiger partial charge < -0.3 is 4.42 Å². The van der Waals surface area contributed by atoms with Crippen molar-refractivity contribution in [3.63, 3.8) is 0 Å². The quantitative estimate of drug-likeness (QED) is 0.192. The first-order valence-corrected chi connectivity index (χ1v) is 16.9. The minimum atomic E-state index is 0.677. The third-order valence-electron chi connectivity index (χ3n) is 9.25. The molecule has 0 saturated carbocycles. The van der Waals surface area contributed by atoms with E-state index in [9.17, 15) is 0 Å². The van der Waals surface area contributed by atoms with E-state index >= 15 is 0 Å². The number of nitrogens with zero attached hydrogens (tertiary/aromatic N) is 3. The summed E-state index contributed by atoms with van der Waals surface area (Å²) in [7, 11) is 0. The van der Waals surface area contributed by atoms with Crippen LogP contribution in [0, 0.1) is 0 Å². The SMILES string of the molecule is c1ccc2c(c1)oc1ccc(-c3nc(-n4c5ccccc5c5c6c(ccc54)sc4ccccc46)nc4sc5ccccc5c34)cc12. The lowest BCUT2D eigenvalue weighted by atomic mass is 10.0. The van der Waals surface area contributed by atoms with Gasteiger partial charge in [-0.05, 0) is 54.6 Å². The standard InChI is InChI=1S/C40H21N3OS2/c1-5-13-28-24(10-1)35-29(18-20-34-36(35)25-11-3-7-15-32(25)45-34)43(28)40-41-38(37-26-12-4-8-16-33(26)46-39(37)42-40)22-17-19-31-27(21-22)23-9-2-6-14-30(23)44-31/h1-21H. The first-order chi connectivity index (χ1) is 22.8. The smallest absolute Gasteiger partial charge is 0.236 e.